The molecule has 2 aliphatic heterocycles. The summed E-state index contributed by atoms with van der Waals surface area (Å²) in [5.41, 5.74) is 4.52. The van der Waals surface area contributed by atoms with Gasteiger partial charge in [0.25, 0.3) is 5.56 Å². The van der Waals surface area contributed by atoms with Crippen LogP contribution in [0.2, 0.25) is 0 Å². The van der Waals surface area contributed by atoms with E-state index < -0.39 is 0 Å². The van der Waals surface area contributed by atoms with Crippen molar-refractivity contribution in [2.75, 3.05) is 31.2 Å². The maximum atomic E-state index is 12.8. The van der Waals surface area contributed by atoms with Crippen molar-refractivity contribution in [1.82, 2.24) is 9.55 Å². The number of benzene rings is 2. The van der Waals surface area contributed by atoms with Crippen molar-refractivity contribution in [2.24, 2.45) is 7.05 Å². The van der Waals surface area contributed by atoms with Crippen LogP contribution in [0.3, 0.4) is 0 Å². The normalized spacial score (nSPS) is 17.4. The molecule has 4 heterocycles. The van der Waals surface area contributed by atoms with Crippen molar-refractivity contribution in [3.8, 4) is 6.07 Å². The van der Waals surface area contributed by atoms with Crippen LogP contribution >= 0.6 is 0 Å². The number of nitrogens with zero attached hydrogens (tertiary/aromatic N) is 4. The van der Waals surface area contributed by atoms with Crippen LogP contribution in [0.1, 0.15) is 41.7 Å². The predicted octanol–water partition coefficient (Wildman–Crippen LogP) is 4.05. The van der Waals surface area contributed by atoms with Crippen LogP contribution < -0.4 is 10.5 Å². The number of fused-ring (bicyclic) bond motifs is 2. The highest BCUT2D eigenvalue weighted by Crippen LogP contribution is 2.36. The molecule has 0 spiro atoms. The fourth-order valence-electron chi connectivity index (χ4n) is 5.07. The van der Waals surface area contributed by atoms with Gasteiger partial charge >= 0.3 is 0 Å². The zero-order chi connectivity index (χ0) is 22.5. The number of oxazole rings is 1. The van der Waals surface area contributed by atoms with Crippen molar-refractivity contribution in [2.45, 2.75) is 24.7 Å². The Morgan fingerprint density at radius 1 is 1.09 bits per heavy atom. The first-order valence-electron chi connectivity index (χ1n) is 11.4. The fraction of sp³-hybridized carbons (Fsp3) is 0.346. The van der Waals surface area contributed by atoms with E-state index in [9.17, 15) is 10.1 Å². The summed E-state index contributed by atoms with van der Waals surface area (Å²) in [6, 6.07) is 16.2. The topological polar surface area (TPSA) is 84.3 Å². The molecule has 0 saturated carbocycles. The number of pyridine rings is 1. The summed E-state index contributed by atoms with van der Waals surface area (Å²) in [6.45, 7) is 3.01. The molecule has 2 aliphatic rings. The monoisotopic (exact) mass is 440 g/mol. The molecular weight excluding hydrogens is 416 g/mol. The smallest absolute Gasteiger partial charge is 0.270 e. The summed E-state index contributed by atoms with van der Waals surface area (Å²) in [5.74, 6) is 1.45. The van der Waals surface area contributed by atoms with E-state index in [1.54, 1.807) is 11.6 Å². The van der Waals surface area contributed by atoms with E-state index in [0.29, 0.717) is 5.92 Å². The number of nitriles is 1. The first-order valence-corrected chi connectivity index (χ1v) is 11.4. The molecule has 33 heavy (non-hydrogen) atoms. The maximum absolute atomic E-state index is 12.8. The molecule has 0 N–H and O–H groups in total. The lowest BCUT2D eigenvalue weighted by Gasteiger charge is -2.33. The first-order chi connectivity index (χ1) is 16.1. The van der Waals surface area contributed by atoms with Gasteiger partial charge < -0.3 is 18.6 Å². The van der Waals surface area contributed by atoms with Crippen LogP contribution in [-0.4, -0.2) is 35.9 Å². The van der Waals surface area contributed by atoms with Gasteiger partial charge in [0.1, 0.15) is 17.1 Å². The number of aryl methyl sites for hydroxylation is 1. The minimum Gasteiger partial charge on any atom is -0.440 e. The summed E-state index contributed by atoms with van der Waals surface area (Å²) in [4.78, 5) is 19.8. The van der Waals surface area contributed by atoms with Crippen molar-refractivity contribution in [3.63, 3.8) is 0 Å². The third-order valence-corrected chi connectivity index (χ3v) is 7.09. The molecule has 0 aliphatic carbocycles. The van der Waals surface area contributed by atoms with Gasteiger partial charge in [-0.1, -0.05) is 24.3 Å². The number of ether oxygens (including phenoxy) is 1. The lowest BCUT2D eigenvalue weighted by Crippen LogP contribution is -2.35. The third-order valence-electron chi connectivity index (χ3n) is 7.09. The Labute approximate surface area is 190 Å². The number of piperidine rings is 1. The molecule has 0 unspecified atom stereocenters. The van der Waals surface area contributed by atoms with Crippen molar-refractivity contribution in [1.29, 1.82) is 5.26 Å². The molecule has 2 aromatic carbocycles. The van der Waals surface area contributed by atoms with Crippen LogP contribution in [-0.2, 0) is 11.8 Å². The molecule has 4 aromatic rings. The second kappa shape index (κ2) is 7.75. The van der Waals surface area contributed by atoms with E-state index in [-0.39, 0.29) is 17.0 Å². The number of rotatable bonds is 3. The highest BCUT2D eigenvalue weighted by Gasteiger charge is 2.29. The average Bonchev–Trinajstić information content (AvgIpc) is 3.24. The molecule has 0 radical (unpaired) electrons. The van der Waals surface area contributed by atoms with Crippen molar-refractivity contribution >= 4 is 27.7 Å². The van der Waals surface area contributed by atoms with Crippen LogP contribution in [0, 0.1) is 11.3 Å². The molecule has 166 valence electrons. The van der Waals surface area contributed by atoms with Gasteiger partial charge in [-0.25, -0.2) is 4.98 Å². The summed E-state index contributed by atoms with van der Waals surface area (Å²) in [7, 11) is 1.72. The van der Waals surface area contributed by atoms with Crippen LogP contribution in [0.4, 0.5) is 5.69 Å². The molecule has 0 bridgehead atoms. The standard InChI is InChI=1S/C26H24N4O3/c1-29-22-5-3-2-4-19(22)24(20(13-27)26(29)31)30-10-8-16(9-11-30)25-28-21-7-6-17(12-23(21)33-25)18-14-32-15-18/h2-7,12,16,18H,8-11,14-15H2,1H3. The summed E-state index contributed by atoms with van der Waals surface area (Å²) in [5, 5.41) is 10.7. The molecule has 6 rings (SSSR count). The highest BCUT2D eigenvalue weighted by molar-refractivity contribution is 5.95. The summed E-state index contributed by atoms with van der Waals surface area (Å²) in [6.07, 6.45) is 1.70. The van der Waals surface area contributed by atoms with Crippen LogP contribution in [0.5, 0.6) is 0 Å². The zero-order valence-electron chi connectivity index (χ0n) is 18.5. The minimum absolute atomic E-state index is 0.212. The average molecular weight is 441 g/mol. The lowest BCUT2D eigenvalue weighted by atomic mass is 9.95. The largest absolute Gasteiger partial charge is 0.440 e. The lowest BCUT2D eigenvalue weighted by molar-refractivity contribution is 0.00845. The number of hydrogen-bond donors (Lipinski definition) is 0. The van der Waals surface area contributed by atoms with Gasteiger partial charge in [-0.05, 0) is 36.6 Å². The number of hydrogen-bond acceptors (Lipinski definition) is 6. The number of aromatic nitrogens is 2. The van der Waals surface area contributed by atoms with Gasteiger partial charge in [0.05, 0.1) is 24.4 Å². The van der Waals surface area contributed by atoms with Gasteiger partial charge in [0, 0.05) is 37.4 Å². The van der Waals surface area contributed by atoms with E-state index in [1.165, 1.54) is 5.56 Å². The molecule has 0 atom stereocenters. The SMILES string of the molecule is Cn1c(=O)c(C#N)c(N2CCC(c3nc4ccc(C5COC5)cc4o3)CC2)c2ccccc21. The molecular formula is C26H24N4O3. The second-order valence-electron chi connectivity index (χ2n) is 8.99. The van der Waals surface area contributed by atoms with Gasteiger partial charge in [0.15, 0.2) is 11.5 Å². The van der Waals surface area contributed by atoms with Gasteiger partial charge in [-0.3, -0.25) is 4.79 Å². The number of anilines is 1. The quantitative estimate of drug-likeness (QED) is 0.478. The summed E-state index contributed by atoms with van der Waals surface area (Å²) < 4.78 is 13.1. The van der Waals surface area contributed by atoms with Crippen LogP contribution in [0.15, 0.2) is 51.7 Å². The predicted molar refractivity (Wildman–Crippen MR) is 126 cm³/mol. The molecule has 7 nitrogen and oxygen atoms in total. The molecule has 0 amide bonds. The van der Waals surface area contributed by atoms with Crippen molar-refractivity contribution < 1.29 is 9.15 Å². The molecule has 7 heteroatoms. The van der Waals surface area contributed by atoms with Crippen molar-refractivity contribution in [3.05, 3.63) is 69.8 Å². The Morgan fingerprint density at radius 2 is 1.88 bits per heavy atom. The van der Waals surface area contributed by atoms with E-state index in [2.05, 4.69) is 23.1 Å². The Kier molecular flexibility index (Phi) is 4.70. The zero-order valence-corrected chi connectivity index (χ0v) is 18.5. The van der Waals surface area contributed by atoms with Crippen LogP contribution in [0.25, 0.3) is 22.0 Å². The maximum Gasteiger partial charge on any atom is 0.270 e. The molecule has 2 fully saturated rings. The minimum atomic E-state index is -0.250. The first kappa shape index (κ1) is 20.0. The summed E-state index contributed by atoms with van der Waals surface area (Å²) >= 11 is 0. The Morgan fingerprint density at radius 3 is 2.61 bits per heavy atom. The van der Waals surface area contributed by atoms with Gasteiger partial charge in [0.2, 0.25) is 0 Å². The second-order valence-corrected chi connectivity index (χ2v) is 8.99. The highest BCUT2D eigenvalue weighted by atomic mass is 16.5. The Hall–Kier alpha value is -3.63. The van der Waals surface area contributed by atoms with E-state index >= 15 is 0 Å². The molecule has 2 saturated heterocycles. The Bertz CT molecular complexity index is 1470. The fourth-order valence-corrected chi connectivity index (χ4v) is 5.07. The molecule has 2 aromatic heterocycles. The van der Waals surface area contributed by atoms with E-state index in [0.717, 1.165) is 72.7 Å². The van der Waals surface area contributed by atoms with Gasteiger partial charge in [-0.15, -0.1) is 0 Å². The third kappa shape index (κ3) is 3.21. The van der Waals surface area contributed by atoms with Gasteiger partial charge in [-0.2, -0.15) is 5.26 Å². The number of para-hydroxylation sites is 1. The van der Waals surface area contributed by atoms with E-state index in [1.807, 2.05) is 30.3 Å². The Balaban J connectivity index is 1.28. The van der Waals surface area contributed by atoms with E-state index in [4.69, 9.17) is 14.1 Å².